The minimum absolute atomic E-state index is 0.613. The molecule has 10 aromatic carbocycles. The highest BCUT2D eigenvalue weighted by Crippen LogP contribution is 2.45. The summed E-state index contributed by atoms with van der Waals surface area (Å²) in [5.74, 6) is 0.613. The Morgan fingerprint density at radius 3 is 1.88 bits per heavy atom. The molecule has 5 nitrogen and oxygen atoms in total. The first-order valence-corrected chi connectivity index (χ1v) is 20.2. The summed E-state index contributed by atoms with van der Waals surface area (Å²) in [5.41, 5.74) is 11.4. The molecule has 0 saturated heterocycles. The van der Waals surface area contributed by atoms with Gasteiger partial charge in [0.1, 0.15) is 27.8 Å². The molecular weight excluding hydrogens is 737 g/mol. The maximum atomic E-state index is 6.64. The molecule has 0 amide bonds. The minimum atomic E-state index is 0.613. The summed E-state index contributed by atoms with van der Waals surface area (Å²) in [6.45, 7) is 0. The van der Waals surface area contributed by atoms with Crippen molar-refractivity contribution in [2.24, 2.45) is 0 Å². The highest BCUT2D eigenvalue weighted by molar-refractivity contribution is 6.30. The molecule has 0 atom stereocenters. The summed E-state index contributed by atoms with van der Waals surface area (Å²) in [6, 6.07) is 67.9. The number of fused-ring (bicyclic) bond motifs is 14. The zero-order chi connectivity index (χ0) is 39.3. The molecule has 13 aromatic rings. The lowest BCUT2D eigenvalue weighted by atomic mass is 9.95. The van der Waals surface area contributed by atoms with Crippen LogP contribution in [-0.4, -0.2) is 4.98 Å². The Kier molecular flexibility index (Phi) is 6.95. The highest BCUT2D eigenvalue weighted by Gasteiger charge is 2.21. The van der Waals surface area contributed by atoms with Crippen LogP contribution in [0.15, 0.2) is 207 Å². The van der Waals surface area contributed by atoms with Gasteiger partial charge >= 0.3 is 0 Å². The van der Waals surface area contributed by atoms with Crippen molar-refractivity contribution in [2.75, 3.05) is 4.90 Å². The number of oxazole rings is 1. The van der Waals surface area contributed by atoms with Crippen LogP contribution >= 0.6 is 0 Å². The van der Waals surface area contributed by atoms with Crippen molar-refractivity contribution >= 4 is 104 Å². The van der Waals surface area contributed by atoms with E-state index >= 15 is 0 Å². The van der Waals surface area contributed by atoms with Gasteiger partial charge in [-0.05, 0) is 112 Å². The Labute approximate surface area is 342 Å². The molecular formula is C55H32N2O3. The van der Waals surface area contributed by atoms with Crippen molar-refractivity contribution in [3.8, 4) is 22.6 Å². The zero-order valence-electron chi connectivity index (χ0n) is 32.1. The molecule has 0 aliphatic carbocycles. The molecule has 13 rings (SSSR count). The van der Waals surface area contributed by atoms with Gasteiger partial charge < -0.3 is 18.2 Å². The molecule has 0 radical (unpaired) electrons. The van der Waals surface area contributed by atoms with E-state index in [1.165, 1.54) is 0 Å². The normalized spacial score (nSPS) is 12.0. The number of anilines is 3. The van der Waals surface area contributed by atoms with E-state index in [0.29, 0.717) is 5.89 Å². The fourth-order valence-electron chi connectivity index (χ4n) is 9.33. The van der Waals surface area contributed by atoms with E-state index in [-0.39, 0.29) is 0 Å². The summed E-state index contributed by atoms with van der Waals surface area (Å²) < 4.78 is 19.5. The van der Waals surface area contributed by atoms with Crippen molar-refractivity contribution in [3.63, 3.8) is 0 Å². The lowest BCUT2D eigenvalue weighted by Crippen LogP contribution is -2.09. The average Bonchev–Trinajstić information content (AvgIpc) is 4.03. The number of furan rings is 2. The largest absolute Gasteiger partial charge is 0.456 e. The minimum Gasteiger partial charge on any atom is -0.456 e. The van der Waals surface area contributed by atoms with Crippen molar-refractivity contribution in [1.29, 1.82) is 0 Å². The van der Waals surface area contributed by atoms with E-state index in [9.17, 15) is 0 Å². The summed E-state index contributed by atoms with van der Waals surface area (Å²) in [5, 5.41) is 11.0. The van der Waals surface area contributed by atoms with Gasteiger partial charge in [-0.1, -0.05) is 115 Å². The molecule has 3 heterocycles. The second kappa shape index (κ2) is 12.7. The third-order valence-electron chi connectivity index (χ3n) is 12.1. The lowest BCUT2D eigenvalue weighted by molar-refractivity contribution is 0.623. The van der Waals surface area contributed by atoms with Crippen LogP contribution in [0.25, 0.3) is 110 Å². The van der Waals surface area contributed by atoms with Gasteiger partial charge in [0.25, 0.3) is 0 Å². The van der Waals surface area contributed by atoms with Crippen molar-refractivity contribution in [3.05, 3.63) is 194 Å². The average molecular weight is 769 g/mol. The Hall–Kier alpha value is -8.15. The molecule has 0 aliphatic heterocycles. The van der Waals surface area contributed by atoms with Gasteiger partial charge in [-0.2, -0.15) is 0 Å². The summed E-state index contributed by atoms with van der Waals surface area (Å²) in [6.07, 6.45) is 0. The Morgan fingerprint density at radius 2 is 1.02 bits per heavy atom. The topological polar surface area (TPSA) is 55.6 Å². The van der Waals surface area contributed by atoms with Gasteiger partial charge in [-0.25, -0.2) is 4.98 Å². The van der Waals surface area contributed by atoms with Gasteiger partial charge in [-0.3, -0.25) is 0 Å². The maximum absolute atomic E-state index is 6.64. The number of nitrogens with zero attached hydrogens (tertiary/aromatic N) is 2. The highest BCUT2D eigenvalue weighted by atomic mass is 16.3. The molecule has 5 heteroatoms. The standard InChI is InChI=1S/C55H32N2O3/c1-3-12-34(13-4-1)55-56-53-52-42(40-16-7-8-17-43(40)54(53)60-55)28-23-33-22-25-37(31-45(33)52)57(36-14-5-2-6-15-36)38-26-29-48-46(32-38)41-27-24-35(30-50(41)59-48)39-19-11-21-49-51(39)44-18-9-10-20-47(44)58-49/h1-32H. The molecule has 0 unspecified atom stereocenters. The molecule has 0 bridgehead atoms. The van der Waals surface area contributed by atoms with Crippen LogP contribution in [0.3, 0.4) is 0 Å². The van der Waals surface area contributed by atoms with Gasteiger partial charge in [0.15, 0.2) is 5.58 Å². The predicted octanol–water partition coefficient (Wildman–Crippen LogP) is 15.9. The number of hydrogen-bond donors (Lipinski definition) is 0. The number of aromatic nitrogens is 1. The van der Waals surface area contributed by atoms with E-state index in [0.717, 1.165) is 121 Å². The zero-order valence-corrected chi connectivity index (χ0v) is 32.1. The van der Waals surface area contributed by atoms with E-state index in [1.807, 2.05) is 48.5 Å². The molecule has 0 saturated carbocycles. The van der Waals surface area contributed by atoms with Gasteiger partial charge in [0.2, 0.25) is 5.89 Å². The fraction of sp³-hybridized carbons (Fsp3) is 0. The second-order valence-electron chi connectivity index (χ2n) is 15.4. The Balaban J connectivity index is 0.997. The van der Waals surface area contributed by atoms with Crippen LogP contribution in [0.5, 0.6) is 0 Å². The number of benzene rings is 10. The van der Waals surface area contributed by atoms with Crippen molar-refractivity contribution in [1.82, 2.24) is 4.98 Å². The SMILES string of the molecule is c1ccc(-c2nc3c(o2)c2ccccc2c2ccc4ccc(N(c5ccccc5)c5ccc6oc7cc(-c8cccc9oc%10ccccc%10c89)ccc7c6c5)cc4c23)cc1. The quantitative estimate of drug-likeness (QED) is 0.163. The number of hydrogen-bond acceptors (Lipinski definition) is 5. The van der Waals surface area contributed by atoms with Crippen LogP contribution in [0.1, 0.15) is 0 Å². The second-order valence-corrected chi connectivity index (χ2v) is 15.4. The summed E-state index contributed by atoms with van der Waals surface area (Å²) in [7, 11) is 0. The van der Waals surface area contributed by atoms with E-state index in [1.54, 1.807) is 0 Å². The Morgan fingerprint density at radius 1 is 0.350 bits per heavy atom. The molecule has 3 aromatic heterocycles. The molecule has 0 aliphatic rings. The fourth-order valence-corrected chi connectivity index (χ4v) is 9.33. The van der Waals surface area contributed by atoms with Crippen LogP contribution in [0, 0.1) is 0 Å². The smallest absolute Gasteiger partial charge is 0.227 e. The first kappa shape index (κ1) is 32.9. The van der Waals surface area contributed by atoms with E-state index in [4.69, 9.17) is 18.2 Å². The third kappa shape index (κ3) is 4.90. The molecule has 280 valence electrons. The van der Waals surface area contributed by atoms with Crippen LogP contribution in [0.4, 0.5) is 17.1 Å². The lowest BCUT2D eigenvalue weighted by Gasteiger charge is -2.26. The summed E-state index contributed by atoms with van der Waals surface area (Å²) in [4.78, 5) is 7.54. The van der Waals surface area contributed by atoms with Gasteiger partial charge in [0.05, 0.1) is 0 Å². The monoisotopic (exact) mass is 768 g/mol. The van der Waals surface area contributed by atoms with Crippen molar-refractivity contribution in [2.45, 2.75) is 0 Å². The molecule has 0 fully saturated rings. The van der Waals surface area contributed by atoms with E-state index < -0.39 is 0 Å². The van der Waals surface area contributed by atoms with Crippen LogP contribution in [0.2, 0.25) is 0 Å². The predicted molar refractivity (Wildman–Crippen MR) is 247 cm³/mol. The Bertz CT molecular complexity index is 3840. The van der Waals surface area contributed by atoms with Gasteiger partial charge in [-0.15, -0.1) is 0 Å². The third-order valence-corrected chi connectivity index (χ3v) is 12.1. The van der Waals surface area contributed by atoms with Crippen molar-refractivity contribution < 1.29 is 13.3 Å². The number of rotatable bonds is 5. The maximum Gasteiger partial charge on any atom is 0.227 e. The van der Waals surface area contributed by atoms with Gasteiger partial charge in [0, 0.05) is 54.9 Å². The summed E-state index contributed by atoms with van der Waals surface area (Å²) >= 11 is 0. The number of para-hydroxylation sites is 2. The first-order valence-electron chi connectivity index (χ1n) is 20.2. The molecule has 60 heavy (non-hydrogen) atoms. The van der Waals surface area contributed by atoms with E-state index in [2.05, 4.69) is 150 Å². The molecule has 0 N–H and O–H groups in total. The van der Waals surface area contributed by atoms with Crippen LogP contribution in [-0.2, 0) is 0 Å². The molecule has 0 spiro atoms. The van der Waals surface area contributed by atoms with Crippen LogP contribution < -0.4 is 4.90 Å². The first-order chi connectivity index (χ1) is 29.7.